The van der Waals surface area contributed by atoms with Crippen molar-refractivity contribution in [2.75, 3.05) is 18.0 Å². The molecule has 2 nitrogen and oxygen atoms in total. The van der Waals surface area contributed by atoms with Crippen molar-refractivity contribution in [2.45, 2.75) is 51.1 Å². The summed E-state index contributed by atoms with van der Waals surface area (Å²) in [5.41, 5.74) is 0.969. The molecule has 3 rings (SSSR count). The average molecular weight is 294 g/mol. The van der Waals surface area contributed by atoms with Gasteiger partial charge in [0.1, 0.15) is 0 Å². The summed E-state index contributed by atoms with van der Waals surface area (Å²) in [5.74, 6) is -1.07. The molecule has 0 amide bonds. The minimum Gasteiger partial charge on any atom is -0.365 e. The monoisotopic (exact) mass is 294 g/mol. The molecule has 1 N–H and O–H groups in total. The van der Waals surface area contributed by atoms with E-state index in [0.29, 0.717) is 12.0 Å². The third kappa shape index (κ3) is 2.78. The molecular formula is C17H24F2N2. The fourth-order valence-corrected chi connectivity index (χ4v) is 3.86. The number of nitrogens with one attached hydrogen (secondary N) is 1. The van der Waals surface area contributed by atoms with Crippen molar-refractivity contribution in [3.8, 4) is 0 Å². The van der Waals surface area contributed by atoms with E-state index in [1.165, 1.54) is 37.8 Å². The van der Waals surface area contributed by atoms with Crippen molar-refractivity contribution >= 4 is 5.69 Å². The average Bonchev–Trinajstić information content (AvgIpc) is 2.89. The van der Waals surface area contributed by atoms with Crippen molar-refractivity contribution in [3.63, 3.8) is 0 Å². The Morgan fingerprint density at radius 1 is 1.19 bits per heavy atom. The maximum atomic E-state index is 13.6. The quantitative estimate of drug-likeness (QED) is 0.894. The van der Waals surface area contributed by atoms with E-state index in [2.05, 4.69) is 24.1 Å². The van der Waals surface area contributed by atoms with Gasteiger partial charge in [-0.25, -0.2) is 8.78 Å². The number of piperazine rings is 1. The van der Waals surface area contributed by atoms with Gasteiger partial charge in [0.2, 0.25) is 0 Å². The lowest BCUT2D eigenvalue weighted by Crippen LogP contribution is -2.64. The van der Waals surface area contributed by atoms with Crippen molar-refractivity contribution in [1.29, 1.82) is 0 Å². The van der Waals surface area contributed by atoms with Crippen LogP contribution >= 0.6 is 0 Å². The van der Waals surface area contributed by atoms with Gasteiger partial charge in [-0.2, -0.15) is 0 Å². The smallest absolute Gasteiger partial charge is 0.160 e. The van der Waals surface area contributed by atoms with Gasteiger partial charge in [-0.3, -0.25) is 0 Å². The Morgan fingerprint density at radius 2 is 1.90 bits per heavy atom. The summed E-state index contributed by atoms with van der Waals surface area (Å²) in [7, 11) is 0. The van der Waals surface area contributed by atoms with Crippen LogP contribution in [0.25, 0.3) is 0 Å². The molecule has 0 aromatic heterocycles. The Hall–Kier alpha value is -1.16. The molecule has 1 saturated heterocycles. The minimum absolute atomic E-state index is 0.163. The first-order chi connectivity index (χ1) is 10.0. The van der Waals surface area contributed by atoms with Crippen LogP contribution in [0.1, 0.15) is 39.5 Å². The molecule has 1 atom stereocenters. The zero-order chi connectivity index (χ0) is 15.0. The third-order valence-electron chi connectivity index (χ3n) is 5.12. The number of nitrogens with zero attached hydrogens (tertiary/aromatic N) is 1. The van der Waals surface area contributed by atoms with Gasteiger partial charge in [0.05, 0.1) is 0 Å². The summed E-state index contributed by atoms with van der Waals surface area (Å²) in [4.78, 5) is 2.29. The molecule has 1 heterocycles. The normalized spacial score (nSPS) is 25.0. The number of hydrogen-bond donors (Lipinski definition) is 1. The number of halogens is 2. The van der Waals surface area contributed by atoms with Gasteiger partial charge in [-0.1, -0.05) is 26.7 Å². The Balaban J connectivity index is 1.91. The Bertz CT molecular complexity index is 510. The molecule has 1 aromatic rings. The first-order valence-electron chi connectivity index (χ1n) is 7.97. The van der Waals surface area contributed by atoms with E-state index in [-0.39, 0.29) is 5.54 Å². The first kappa shape index (κ1) is 14.8. The zero-order valence-corrected chi connectivity index (χ0v) is 12.8. The maximum absolute atomic E-state index is 13.6. The lowest BCUT2D eigenvalue weighted by Gasteiger charge is -2.49. The van der Waals surface area contributed by atoms with Gasteiger partial charge in [-0.05, 0) is 30.9 Å². The summed E-state index contributed by atoms with van der Waals surface area (Å²) < 4.78 is 26.8. The first-order valence-corrected chi connectivity index (χ1v) is 7.97. The van der Waals surface area contributed by atoms with Crippen LogP contribution in [-0.4, -0.2) is 24.7 Å². The predicted octanol–water partition coefficient (Wildman–Crippen LogP) is 3.71. The second kappa shape index (κ2) is 5.56. The van der Waals surface area contributed by atoms with Gasteiger partial charge in [0.25, 0.3) is 0 Å². The van der Waals surface area contributed by atoms with E-state index in [4.69, 9.17) is 0 Å². The summed E-state index contributed by atoms with van der Waals surface area (Å²) in [5, 5.41) is 3.74. The summed E-state index contributed by atoms with van der Waals surface area (Å²) in [6, 6.07) is 4.62. The molecule has 2 aliphatic rings. The Labute approximate surface area is 125 Å². The maximum Gasteiger partial charge on any atom is 0.160 e. The molecule has 2 fully saturated rings. The van der Waals surface area contributed by atoms with Crippen LogP contribution in [0.5, 0.6) is 0 Å². The van der Waals surface area contributed by atoms with E-state index < -0.39 is 11.6 Å². The number of rotatable bonds is 2. The number of hydrogen-bond acceptors (Lipinski definition) is 2. The van der Waals surface area contributed by atoms with Crippen LogP contribution in [0.3, 0.4) is 0 Å². The fraction of sp³-hybridized carbons (Fsp3) is 0.647. The molecule has 1 saturated carbocycles. The van der Waals surface area contributed by atoms with Crippen molar-refractivity contribution in [2.24, 2.45) is 5.92 Å². The standard InChI is InChI=1S/C17H24F2N2/c1-12(2)16-10-20-17(7-3-4-8-17)11-21(16)13-5-6-14(18)15(19)9-13/h5-6,9,12,16,20H,3-4,7-8,10-11H2,1-2H3. The molecule has 116 valence electrons. The molecule has 1 aromatic carbocycles. The summed E-state index contributed by atoms with van der Waals surface area (Å²) >= 11 is 0. The topological polar surface area (TPSA) is 15.3 Å². The summed E-state index contributed by atoms with van der Waals surface area (Å²) in [6.45, 7) is 6.18. The molecule has 1 aliphatic carbocycles. The molecule has 4 heteroatoms. The molecule has 0 bridgehead atoms. The molecule has 0 radical (unpaired) electrons. The lowest BCUT2D eigenvalue weighted by atomic mass is 9.88. The van der Waals surface area contributed by atoms with Crippen LogP contribution in [0.15, 0.2) is 18.2 Å². The van der Waals surface area contributed by atoms with Crippen molar-refractivity contribution < 1.29 is 8.78 Å². The van der Waals surface area contributed by atoms with Crippen molar-refractivity contribution in [3.05, 3.63) is 29.8 Å². The minimum atomic E-state index is -0.773. The van der Waals surface area contributed by atoms with E-state index in [1.807, 2.05) is 0 Å². The van der Waals surface area contributed by atoms with E-state index in [0.717, 1.165) is 18.8 Å². The number of anilines is 1. The third-order valence-corrected chi connectivity index (χ3v) is 5.12. The largest absolute Gasteiger partial charge is 0.365 e. The van der Waals surface area contributed by atoms with Gasteiger partial charge in [0.15, 0.2) is 11.6 Å². The van der Waals surface area contributed by atoms with Crippen LogP contribution in [0.2, 0.25) is 0 Å². The molecule has 1 spiro atoms. The Morgan fingerprint density at radius 3 is 2.52 bits per heavy atom. The highest BCUT2D eigenvalue weighted by atomic mass is 19.2. The van der Waals surface area contributed by atoms with E-state index >= 15 is 0 Å². The van der Waals surface area contributed by atoms with Gasteiger partial charge >= 0.3 is 0 Å². The highest BCUT2D eigenvalue weighted by Gasteiger charge is 2.41. The number of benzene rings is 1. The van der Waals surface area contributed by atoms with E-state index in [1.54, 1.807) is 6.07 Å². The molecule has 21 heavy (non-hydrogen) atoms. The lowest BCUT2D eigenvalue weighted by molar-refractivity contribution is 0.245. The van der Waals surface area contributed by atoms with Gasteiger partial charge < -0.3 is 10.2 Å². The molecular weight excluding hydrogens is 270 g/mol. The molecule has 1 aliphatic heterocycles. The van der Waals surface area contributed by atoms with Gasteiger partial charge in [-0.15, -0.1) is 0 Å². The zero-order valence-electron chi connectivity index (χ0n) is 12.8. The second-order valence-electron chi connectivity index (χ2n) is 6.91. The fourth-order valence-electron chi connectivity index (χ4n) is 3.86. The van der Waals surface area contributed by atoms with E-state index in [9.17, 15) is 8.78 Å². The highest BCUT2D eigenvalue weighted by Crippen LogP contribution is 2.36. The predicted molar refractivity (Wildman–Crippen MR) is 81.5 cm³/mol. The SMILES string of the molecule is CC(C)C1CNC2(CCCC2)CN1c1ccc(F)c(F)c1. The van der Waals surface area contributed by atoms with Crippen LogP contribution < -0.4 is 10.2 Å². The van der Waals surface area contributed by atoms with Crippen molar-refractivity contribution in [1.82, 2.24) is 5.32 Å². The van der Waals surface area contributed by atoms with Gasteiger partial charge in [0, 0.05) is 36.4 Å². The van der Waals surface area contributed by atoms with Crippen LogP contribution in [0, 0.1) is 17.6 Å². The molecule has 1 unspecified atom stereocenters. The Kier molecular flexibility index (Phi) is 3.91. The van der Waals surface area contributed by atoms with Crippen LogP contribution in [0.4, 0.5) is 14.5 Å². The van der Waals surface area contributed by atoms with Crippen LogP contribution in [-0.2, 0) is 0 Å². The summed E-state index contributed by atoms with van der Waals surface area (Å²) in [6.07, 6.45) is 4.87. The second-order valence-corrected chi connectivity index (χ2v) is 6.91. The highest BCUT2D eigenvalue weighted by molar-refractivity contribution is 5.49.